The minimum Gasteiger partial charge on any atom is -0.344 e. The molecular weight excluding hydrogens is 544 g/mol. The van der Waals surface area contributed by atoms with Crippen LogP contribution in [-0.2, 0) is 9.47 Å². The molecule has 4 rings (SSSR count). The zero-order chi connectivity index (χ0) is 15.6. The minimum atomic E-state index is -0.471. The maximum atomic E-state index is 6.03. The molecule has 2 saturated carbocycles. The van der Waals surface area contributed by atoms with Gasteiger partial charge in [0.05, 0.1) is 13.2 Å². The van der Waals surface area contributed by atoms with E-state index in [0.29, 0.717) is 32.5 Å². The second-order valence-electron chi connectivity index (χ2n) is 7.34. The van der Waals surface area contributed by atoms with Crippen molar-refractivity contribution in [1.82, 2.24) is 0 Å². The van der Waals surface area contributed by atoms with Crippen molar-refractivity contribution in [2.24, 2.45) is 10.8 Å². The average Bonchev–Trinajstić information content (AvgIpc) is 2.89. The summed E-state index contributed by atoms with van der Waals surface area (Å²) in [6.45, 7) is 1.43. The number of hydrogen-bond donors (Lipinski definition) is 0. The van der Waals surface area contributed by atoms with Gasteiger partial charge in [0.2, 0.25) is 0 Å². The molecule has 1 spiro atoms. The molecule has 0 N–H and O–H groups in total. The van der Waals surface area contributed by atoms with E-state index in [4.69, 9.17) is 9.47 Å². The average molecular weight is 564 g/mol. The molecule has 0 amide bonds. The molecule has 1 aliphatic heterocycles. The van der Waals surface area contributed by atoms with Gasteiger partial charge in [0.15, 0.2) is 5.79 Å². The maximum Gasteiger partial charge on any atom is 0.188 e. The Labute approximate surface area is 165 Å². The molecule has 0 aromatic heterocycles. The summed E-state index contributed by atoms with van der Waals surface area (Å²) in [5, 5.41) is 0. The van der Waals surface area contributed by atoms with Gasteiger partial charge in [0.25, 0.3) is 0 Å². The van der Waals surface area contributed by atoms with Crippen LogP contribution in [0.15, 0.2) is 12.2 Å². The van der Waals surface area contributed by atoms with Crippen molar-refractivity contribution in [3.8, 4) is 0 Å². The second-order valence-corrected chi connectivity index (χ2v) is 12.0. The van der Waals surface area contributed by atoms with E-state index in [2.05, 4.69) is 75.9 Å². The van der Waals surface area contributed by atoms with Crippen LogP contribution in [0.1, 0.15) is 32.1 Å². The normalized spacial score (nSPS) is 53.3. The number of rotatable bonds is 0. The third-order valence-electron chi connectivity index (χ3n) is 6.15. The third kappa shape index (κ3) is 2.49. The Hall–Kier alpha value is 1.58. The largest absolute Gasteiger partial charge is 0.344 e. The molecule has 0 radical (unpaired) electrons. The Morgan fingerprint density at radius 1 is 0.727 bits per heavy atom. The highest BCUT2D eigenvalue weighted by Crippen LogP contribution is 2.68. The highest BCUT2D eigenvalue weighted by atomic mass is 79.9. The van der Waals surface area contributed by atoms with Gasteiger partial charge in [0.1, 0.15) is 0 Å². The van der Waals surface area contributed by atoms with Crippen LogP contribution in [-0.4, -0.2) is 38.3 Å². The molecule has 124 valence electrons. The summed E-state index contributed by atoms with van der Waals surface area (Å²) in [6, 6.07) is 0. The number of ether oxygens (including phenoxy) is 2. The lowest BCUT2D eigenvalue weighted by atomic mass is 9.46. The van der Waals surface area contributed by atoms with Crippen LogP contribution in [0.4, 0.5) is 0 Å². The van der Waals surface area contributed by atoms with Gasteiger partial charge in [-0.1, -0.05) is 69.8 Å². The zero-order valence-electron chi connectivity index (χ0n) is 12.2. The third-order valence-corrected chi connectivity index (χ3v) is 11.4. The molecule has 1 saturated heterocycles. The van der Waals surface area contributed by atoms with E-state index in [1.165, 1.54) is 25.7 Å². The van der Waals surface area contributed by atoms with E-state index >= 15 is 0 Å². The van der Waals surface area contributed by atoms with Gasteiger partial charge in [-0.2, -0.15) is 0 Å². The molecule has 1 heterocycles. The molecule has 22 heavy (non-hydrogen) atoms. The molecule has 4 aliphatic rings. The Morgan fingerprint density at radius 3 is 1.77 bits per heavy atom. The van der Waals surface area contributed by atoms with E-state index < -0.39 is 5.79 Å². The van der Waals surface area contributed by atoms with Crippen molar-refractivity contribution in [1.29, 1.82) is 0 Å². The van der Waals surface area contributed by atoms with Crippen molar-refractivity contribution >= 4 is 63.7 Å². The van der Waals surface area contributed by atoms with Gasteiger partial charge < -0.3 is 9.47 Å². The van der Waals surface area contributed by atoms with Crippen molar-refractivity contribution in [3.63, 3.8) is 0 Å². The summed E-state index contributed by atoms with van der Waals surface area (Å²) in [5.41, 5.74) is 0.480. The first-order valence-electron chi connectivity index (χ1n) is 7.94. The number of allylic oxidation sites excluding steroid dienone is 1. The topological polar surface area (TPSA) is 18.5 Å². The van der Waals surface area contributed by atoms with Crippen LogP contribution in [0.3, 0.4) is 0 Å². The summed E-state index contributed by atoms with van der Waals surface area (Å²) in [6.07, 6.45) is 10.4. The van der Waals surface area contributed by atoms with Crippen LogP contribution in [0.5, 0.6) is 0 Å². The van der Waals surface area contributed by atoms with Gasteiger partial charge in [-0.05, 0) is 42.6 Å². The van der Waals surface area contributed by atoms with Gasteiger partial charge in [-0.3, -0.25) is 0 Å². The molecule has 6 heteroatoms. The van der Waals surface area contributed by atoms with E-state index in [1.807, 2.05) is 0 Å². The molecular formula is C16H20Br4O2. The molecule has 3 fully saturated rings. The fraction of sp³-hybridized carbons (Fsp3) is 0.875. The number of halogens is 4. The smallest absolute Gasteiger partial charge is 0.188 e. The Morgan fingerprint density at radius 2 is 1.23 bits per heavy atom. The Kier molecular flexibility index (Phi) is 4.49. The lowest BCUT2D eigenvalue weighted by Gasteiger charge is -2.63. The van der Waals surface area contributed by atoms with Gasteiger partial charge in [0, 0.05) is 25.7 Å². The zero-order valence-corrected chi connectivity index (χ0v) is 18.6. The number of hydrogen-bond acceptors (Lipinski definition) is 2. The monoisotopic (exact) mass is 560 g/mol. The van der Waals surface area contributed by atoms with Crippen molar-refractivity contribution in [3.05, 3.63) is 12.2 Å². The van der Waals surface area contributed by atoms with Gasteiger partial charge in [-0.15, -0.1) is 0 Å². The first-order chi connectivity index (χ1) is 10.4. The van der Waals surface area contributed by atoms with Crippen molar-refractivity contribution < 1.29 is 9.47 Å². The Balaban J connectivity index is 1.78. The first-order valence-corrected chi connectivity index (χ1v) is 11.6. The molecule has 2 nitrogen and oxygen atoms in total. The predicted molar refractivity (Wildman–Crippen MR) is 103 cm³/mol. The van der Waals surface area contributed by atoms with Crippen LogP contribution in [0.25, 0.3) is 0 Å². The lowest BCUT2D eigenvalue weighted by Crippen LogP contribution is -2.60. The highest BCUT2D eigenvalue weighted by Gasteiger charge is 2.64. The fourth-order valence-corrected chi connectivity index (χ4v) is 8.22. The van der Waals surface area contributed by atoms with Crippen LogP contribution in [0.2, 0.25) is 0 Å². The summed E-state index contributed by atoms with van der Waals surface area (Å²) in [4.78, 5) is 2.07. The molecule has 0 unspecified atom stereocenters. The minimum absolute atomic E-state index is 0.239. The van der Waals surface area contributed by atoms with E-state index in [-0.39, 0.29) is 10.8 Å². The molecule has 0 aromatic rings. The van der Waals surface area contributed by atoms with Gasteiger partial charge >= 0.3 is 0 Å². The van der Waals surface area contributed by atoms with Crippen LogP contribution < -0.4 is 0 Å². The van der Waals surface area contributed by atoms with Crippen molar-refractivity contribution in [2.45, 2.75) is 57.2 Å². The molecule has 4 atom stereocenters. The Bertz CT molecular complexity index is 469. The molecule has 3 aliphatic carbocycles. The highest BCUT2D eigenvalue weighted by molar-refractivity contribution is 9.12. The van der Waals surface area contributed by atoms with E-state index in [9.17, 15) is 0 Å². The summed E-state index contributed by atoms with van der Waals surface area (Å²) in [5.74, 6) is -0.471. The predicted octanol–water partition coefficient (Wildman–Crippen LogP) is 5.30. The van der Waals surface area contributed by atoms with Crippen molar-refractivity contribution in [2.75, 3.05) is 13.2 Å². The summed E-state index contributed by atoms with van der Waals surface area (Å²) < 4.78 is 12.1. The van der Waals surface area contributed by atoms with Crippen LogP contribution in [0, 0.1) is 10.8 Å². The van der Waals surface area contributed by atoms with E-state index in [1.54, 1.807) is 0 Å². The maximum absolute atomic E-state index is 6.03. The summed E-state index contributed by atoms with van der Waals surface area (Å²) >= 11 is 15.7. The van der Waals surface area contributed by atoms with Crippen LogP contribution >= 0.6 is 63.7 Å². The number of alkyl halides is 4. The summed E-state index contributed by atoms with van der Waals surface area (Å²) in [7, 11) is 0. The van der Waals surface area contributed by atoms with Gasteiger partial charge in [-0.25, -0.2) is 0 Å². The fourth-order valence-electron chi connectivity index (χ4n) is 5.08. The standard InChI is InChI=1S/C16H20Br4O2/c17-10-5-14-1-2-16(21-3-4-22-16)9-15(14,7-12(10)19)8-13(20)11(18)6-14/h1-2,10-13H,3-9H2/t10-,11-,12+,13+,14?,15?/m1/s1. The molecule has 0 bridgehead atoms. The SMILES string of the molecule is Br[C@@H]1CC23C=CC4(CC2(C[C@@H]1Br)C[C@H](Br)[C@H](Br)C3)OCCO4. The molecule has 0 aromatic carbocycles. The first kappa shape index (κ1) is 17.0. The second kappa shape index (κ2) is 5.80. The van der Waals surface area contributed by atoms with E-state index in [0.717, 1.165) is 6.42 Å². The lowest BCUT2D eigenvalue weighted by molar-refractivity contribution is -0.181. The quantitative estimate of drug-likeness (QED) is 0.294.